The molecule has 0 nitrogen and oxygen atoms in total. The Labute approximate surface area is 82.7 Å². The zero-order valence-corrected chi connectivity index (χ0v) is 9.43. The predicted octanol–water partition coefficient (Wildman–Crippen LogP) is 4.19. The van der Waals surface area contributed by atoms with E-state index in [9.17, 15) is 0 Å². The third-order valence-corrected chi connectivity index (χ3v) is 3.19. The summed E-state index contributed by atoms with van der Waals surface area (Å²) in [6.45, 7) is 13.2. The third-order valence-electron chi connectivity index (χ3n) is 3.19. The second kappa shape index (κ2) is 4.13. The lowest BCUT2D eigenvalue weighted by molar-refractivity contribution is 0.317. The van der Waals surface area contributed by atoms with Crippen LogP contribution in [0.1, 0.15) is 40.5 Å². The van der Waals surface area contributed by atoms with Gasteiger partial charge in [0.1, 0.15) is 0 Å². The molecule has 1 aliphatic rings. The van der Waals surface area contributed by atoms with E-state index in [1.165, 1.54) is 18.4 Å². The topological polar surface area (TPSA) is 0 Å². The lowest BCUT2D eigenvalue weighted by Crippen LogP contribution is -2.22. The Morgan fingerprint density at radius 1 is 1.54 bits per heavy atom. The van der Waals surface area contributed by atoms with Gasteiger partial charge in [-0.1, -0.05) is 37.6 Å². The highest BCUT2D eigenvalue weighted by molar-refractivity contribution is 5.14. The van der Waals surface area contributed by atoms with Gasteiger partial charge in [0.15, 0.2) is 0 Å². The van der Waals surface area contributed by atoms with Crippen LogP contribution in [0.3, 0.4) is 0 Å². The Kier molecular flexibility index (Phi) is 3.35. The summed E-state index contributed by atoms with van der Waals surface area (Å²) in [7, 11) is 0. The second-order valence-corrected chi connectivity index (χ2v) is 4.83. The smallest absolute Gasteiger partial charge is 0.0140 e. The third kappa shape index (κ3) is 2.46. The minimum atomic E-state index is 0.726. The molecule has 74 valence electrons. The van der Waals surface area contributed by atoms with E-state index in [1.54, 1.807) is 5.57 Å². The monoisotopic (exact) mass is 178 g/mol. The van der Waals surface area contributed by atoms with E-state index >= 15 is 0 Å². The van der Waals surface area contributed by atoms with Crippen LogP contribution in [-0.4, -0.2) is 0 Å². The molecule has 0 N–H and O–H groups in total. The molecule has 0 aromatic rings. The van der Waals surface area contributed by atoms with Crippen LogP contribution in [0.2, 0.25) is 0 Å². The van der Waals surface area contributed by atoms with Gasteiger partial charge in [0.05, 0.1) is 0 Å². The highest BCUT2D eigenvalue weighted by Crippen LogP contribution is 2.36. The first-order valence-electron chi connectivity index (χ1n) is 5.35. The van der Waals surface area contributed by atoms with E-state index in [-0.39, 0.29) is 0 Å². The molecule has 0 saturated carbocycles. The van der Waals surface area contributed by atoms with Crippen molar-refractivity contribution >= 4 is 0 Å². The van der Waals surface area contributed by atoms with Crippen molar-refractivity contribution in [1.29, 1.82) is 0 Å². The van der Waals surface area contributed by atoms with Crippen LogP contribution < -0.4 is 0 Å². The summed E-state index contributed by atoms with van der Waals surface area (Å²) >= 11 is 0. The maximum atomic E-state index is 4.11. The maximum Gasteiger partial charge on any atom is -0.0140 e. The summed E-state index contributed by atoms with van der Waals surface area (Å²) in [4.78, 5) is 0. The maximum absolute atomic E-state index is 4.11. The quantitative estimate of drug-likeness (QED) is 0.556. The number of rotatable bonds is 2. The van der Waals surface area contributed by atoms with Crippen molar-refractivity contribution in [2.24, 2.45) is 17.8 Å². The molecule has 2 unspecified atom stereocenters. The Morgan fingerprint density at radius 2 is 2.15 bits per heavy atom. The molecule has 0 bridgehead atoms. The van der Waals surface area contributed by atoms with Crippen molar-refractivity contribution < 1.29 is 0 Å². The molecule has 0 aromatic heterocycles. The van der Waals surface area contributed by atoms with Crippen LogP contribution in [0.4, 0.5) is 0 Å². The molecule has 1 rings (SSSR count). The van der Waals surface area contributed by atoms with E-state index in [4.69, 9.17) is 0 Å². The SMILES string of the molecule is C=C(C)C1CCC(C)=CC1C(C)C. The molecule has 0 heteroatoms. The van der Waals surface area contributed by atoms with Gasteiger partial charge in [-0.3, -0.25) is 0 Å². The summed E-state index contributed by atoms with van der Waals surface area (Å²) in [5.74, 6) is 2.20. The molecule has 0 amide bonds. The van der Waals surface area contributed by atoms with Crippen LogP contribution in [0.5, 0.6) is 0 Å². The Bertz CT molecular complexity index is 220. The standard InChI is InChI=1S/C13H22/c1-9(2)12-7-6-11(5)8-13(12)10(3)4/h8,10,12-13H,1,6-7H2,2-5H3. The van der Waals surface area contributed by atoms with Crippen LogP contribution in [0, 0.1) is 17.8 Å². The summed E-state index contributed by atoms with van der Waals surface area (Å²) in [5, 5.41) is 0. The average molecular weight is 178 g/mol. The van der Waals surface area contributed by atoms with E-state index in [2.05, 4.69) is 40.3 Å². The molecule has 0 spiro atoms. The molecule has 0 aliphatic heterocycles. The van der Waals surface area contributed by atoms with E-state index in [1.807, 2.05) is 0 Å². The summed E-state index contributed by atoms with van der Waals surface area (Å²) in [6, 6.07) is 0. The highest BCUT2D eigenvalue weighted by atomic mass is 14.3. The largest absolute Gasteiger partial charge is 0.0998 e. The van der Waals surface area contributed by atoms with Gasteiger partial charge >= 0.3 is 0 Å². The van der Waals surface area contributed by atoms with Gasteiger partial charge < -0.3 is 0 Å². The van der Waals surface area contributed by atoms with Crippen molar-refractivity contribution in [3.05, 3.63) is 23.8 Å². The molecule has 0 saturated heterocycles. The summed E-state index contributed by atoms with van der Waals surface area (Å²) in [6.07, 6.45) is 5.04. The van der Waals surface area contributed by atoms with Crippen LogP contribution in [-0.2, 0) is 0 Å². The van der Waals surface area contributed by atoms with E-state index in [0.29, 0.717) is 0 Å². The van der Waals surface area contributed by atoms with Crippen molar-refractivity contribution in [2.45, 2.75) is 40.5 Å². The number of allylic oxidation sites excluding steroid dienone is 3. The first-order valence-corrected chi connectivity index (χ1v) is 5.35. The number of hydrogen-bond acceptors (Lipinski definition) is 0. The molecule has 1 aliphatic carbocycles. The minimum Gasteiger partial charge on any atom is -0.0998 e. The normalized spacial score (nSPS) is 28.8. The van der Waals surface area contributed by atoms with E-state index in [0.717, 1.165) is 17.8 Å². The molecule has 0 aromatic carbocycles. The van der Waals surface area contributed by atoms with Crippen molar-refractivity contribution in [2.75, 3.05) is 0 Å². The minimum absolute atomic E-state index is 0.726. The molecule has 0 heterocycles. The second-order valence-electron chi connectivity index (χ2n) is 4.83. The van der Waals surface area contributed by atoms with Crippen LogP contribution >= 0.6 is 0 Å². The van der Waals surface area contributed by atoms with Gasteiger partial charge in [-0.15, -0.1) is 0 Å². The van der Waals surface area contributed by atoms with Crippen molar-refractivity contribution in [3.63, 3.8) is 0 Å². The molecule has 2 atom stereocenters. The fourth-order valence-electron chi connectivity index (χ4n) is 2.34. The Hall–Kier alpha value is -0.520. The zero-order chi connectivity index (χ0) is 10.0. The van der Waals surface area contributed by atoms with Gasteiger partial charge in [0, 0.05) is 0 Å². The van der Waals surface area contributed by atoms with Crippen molar-refractivity contribution in [1.82, 2.24) is 0 Å². The molecule has 0 fully saturated rings. The van der Waals surface area contributed by atoms with Gasteiger partial charge in [-0.05, 0) is 44.4 Å². The fourth-order valence-corrected chi connectivity index (χ4v) is 2.34. The lowest BCUT2D eigenvalue weighted by Gasteiger charge is -2.32. The van der Waals surface area contributed by atoms with Gasteiger partial charge in [-0.2, -0.15) is 0 Å². The lowest BCUT2D eigenvalue weighted by atomic mass is 9.73. The van der Waals surface area contributed by atoms with Crippen molar-refractivity contribution in [3.8, 4) is 0 Å². The Morgan fingerprint density at radius 3 is 2.62 bits per heavy atom. The Balaban J connectivity index is 2.82. The van der Waals surface area contributed by atoms with Gasteiger partial charge in [0.2, 0.25) is 0 Å². The zero-order valence-electron chi connectivity index (χ0n) is 9.43. The van der Waals surface area contributed by atoms with Crippen LogP contribution in [0.15, 0.2) is 23.8 Å². The molecular weight excluding hydrogens is 156 g/mol. The average Bonchev–Trinajstić information content (AvgIpc) is 2.03. The summed E-state index contributed by atoms with van der Waals surface area (Å²) in [5.41, 5.74) is 2.93. The molecule has 0 radical (unpaired) electrons. The predicted molar refractivity (Wildman–Crippen MR) is 59.6 cm³/mol. The first kappa shape index (κ1) is 10.6. The highest BCUT2D eigenvalue weighted by Gasteiger charge is 2.26. The van der Waals surface area contributed by atoms with E-state index < -0.39 is 0 Å². The fraction of sp³-hybridized carbons (Fsp3) is 0.692. The molecule has 13 heavy (non-hydrogen) atoms. The number of hydrogen-bond donors (Lipinski definition) is 0. The van der Waals surface area contributed by atoms with Gasteiger partial charge in [0.25, 0.3) is 0 Å². The van der Waals surface area contributed by atoms with Gasteiger partial charge in [-0.25, -0.2) is 0 Å². The summed E-state index contributed by atoms with van der Waals surface area (Å²) < 4.78 is 0. The molecular formula is C13H22. The van der Waals surface area contributed by atoms with Crippen LogP contribution in [0.25, 0.3) is 0 Å². The first-order chi connectivity index (χ1) is 6.02.